The summed E-state index contributed by atoms with van der Waals surface area (Å²) < 4.78 is 27.4. The minimum Gasteiger partial charge on any atom is -0.295 e. The molecule has 3 aliphatic heterocycles. The van der Waals surface area contributed by atoms with Gasteiger partial charge in [-0.25, -0.2) is 8.42 Å². The van der Waals surface area contributed by atoms with Crippen LogP contribution < -0.4 is 0 Å². The van der Waals surface area contributed by atoms with Gasteiger partial charge in [0.25, 0.3) is 0 Å². The summed E-state index contributed by atoms with van der Waals surface area (Å²) in [7, 11) is -3.44. The molecule has 0 aromatic carbocycles. The first-order valence-corrected chi connectivity index (χ1v) is 9.68. The largest absolute Gasteiger partial charge is 0.295 e. The maximum Gasteiger partial charge on any atom is 0.244 e. The number of hydrogen-bond acceptors (Lipinski definition) is 4. The van der Waals surface area contributed by atoms with Gasteiger partial charge in [0.2, 0.25) is 10.0 Å². The fourth-order valence-electron chi connectivity index (χ4n) is 3.50. The number of pyridine rings is 1. The lowest BCUT2D eigenvalue weighted by Gasteiger charge is -2.35. The monoisotopic (exact) mass is 335 g/mol. The van der Waals surface area contributed by atoms with Gasteiger partial charge < -0.3 is 0 Å². The topological polar surface area (TPSA) is 53.5 Å². The Morgan fingerprint density at radius 3 is 2.83 bits per heavy atom. The zero-order valence-corrected chi connectivity index (χ0v) is 14.7. The van der Waals surface area contributed by atoms with E-state index >= 15 is 0 Å². The Bertz CT molecular complexity index is 668. The van der Waals surface area contributed by atoms with Crippen LogP contribution in [0.5, 0.6) is 0 Å². The molecular formula is C17H25N3O2S. The Morgan fingerprint density at radius 1 is 1.30 bits per heavy atom. The Kier molecular flexibility index (Phi) is 4.85. The zero-order valence-electron chi connectivity index (χ0n) is 13.9. The molecule has 4 rings (SSSR count). The molecule has 23 heavy (non-hydrogen) atoms. The fraction of sp³-hybridized carbons (Fsp3) is 0.588. The number of rotatable bonds is 4. The smallest absolute Gasteiger partial charge is 0.244 e. The lowest BCUT2D eigenvalue weighted by molar-refractivity contribution is 0.148. The van der Waals surface area contributed by atoms with Gasteiger partial charge in [-0.15, -0.1) is 0 Å². The third-order valence-electron chi connectivity index (χ3n) is 4.80. The van der Waals surface area contributed by atoms with Crippen molar-refractivity contribution < 1.29 is 8.42 Å². The zero-order chi connectivity index (χ0) is 16.4. The van der Waals surface area contributed by atoms with Crippen molar-refractivity contribution in [2.24, 2.45) is 5.92 Å². The van der Waals surface area contributed by atoms with Gasteiger partial charge in [-0.2, -0.15) is 4.31 Å². The van der Waals surface area contributed by atoms with Gasteiger partial charge in [0.1, 0.15) is 4.90 Å². The maximum atomic E-state index is 12.9. The molecule has 0 spiro atoms. The highest BCUT2D eigenvalue weighted by Gasteiger charge is 2.39. The second-order valence-electron chi connectivity index (χ2n) is 6.84. The van der Waals surface area contributed by atoms with Crippen molar-refractivity contribution in [3.8, 4) is 0 Å². The molecule has 6 heteroatoms. The predicted molar refractivity (Wildman–Crippen MR) is 90.5 cm³/mol. The third-order valence-corrected chi connectivity index (χ3v) is 6.61. The molecule has 4 heterocycles. The molecule has 0 radical (unpaired) electrons. The number of allylic oxidation sites excluding steroid dienone is 1. The maximum absolute atomic E-state index is 12.9. The number of piperidine rings is 1. The molecule has 2 atom stereocenters. The Hall–Kier alpha value is -1.24. The number of fused-ring (bicyclic) bond motifs is 4. The van der Waals surface area contributed by atoms with E-state index in [2.05, 4.69) is 29.8 Å². The summed E-state index contributed by atoms with van der Waals surface area (Å²) >= 11 is 0. The van der Waals surface area contributed by atoms with Crippen molar-refractivity contribution in [3.63, 3.8) is 0 Å². The summed E-state index contributed by atoms with van der Waals surface area (Å²) in [5.41, 5.74) is 1.31. The molecule has 0 unspecified atom stereocenters. The summed E-state index contributed by atoms with van der Waals surface area (Å²) in [6.45, 7) is 7.34. The minimum absolute atomic E-state index is 0.303. The summed E-state index contributed by atoms with van der Waals surface area (Å²) in [6, 6.07) is 3.63. The average molecular weight is 335 g/mol. The molecule has 3 saturated heterocycles. The lowest BCUT2D eigenvalue weighted by Crippen LogP contribution is -2.44. The van der Waals surface area contributed by atoms with Gasteiger partial charge in [0.05, 0.1) is 0 Å². The van der Waals surface area contributed by atoms with E-state index in [0.717, 1.165) is 25.9 Å². The Balaban J connectivity index is 1.81. The van der Waals surface area contributed by atoms with Crippen LogP contribution in [0.25, 0.3) is 0 Å². The second-order valence-corrected chi connectivity index (χ2v) is 8.78. The summed E-state index contributed by atoms with van der Waals surface area (Å²) in [5.74, 6) is 0.422. The first-order chi connectivity index (χ1) is 11.0. The highest BCUT2D eigenvalue weighted by molar-refractivity contribution is 7.89. The van der Waals surface area contributed by atoms with Crippen molar-refractivity contribution in [1.82, 2.24) is 14.2 Å². The number of hydrogen-bond donors (Lipinski definition) is 0. The molecular weight excluding hydrogens is 310 g/mol. The van der Waals surface area contributed by atoms with Crippen molar-refractivity contribution in [2.45, 2.75) is 37.6 Å². The van der Waals surface area contributed by atoms with Gasteiger partial charge in [0.15, 0.2) is 0 Å². The third kappa shape index (κ3) is 3.65. The van der Waals surface area contributed by atoms with Crippen LogP contribution in [-0.4, -0.2) is 54.8 Å². The number of aromatic nitrogens is 1. The van der Waals surface area contributed by atoms with Crippen LogP contribution >= 0.6 is 0 Å². The van der Waals surface area contributed by atoms with Gasteiger partial charge in [-0.05, 0) is 44.7 Å². The van der Waals surface area contributed by atoms with E-state index in [0.29, 0.717) is 29.9 Å². The number of nitrogens with zero attached hydrogens (tertiary/aromatic N) is 3. The summed E-state index contributed by atoms with van der Waals surface area (Å²) in [4.78, 5) is 6.71. The van der Waals surface area contributed by atoms with Crippen LogP contribution in [0.15, 0.2) is 41.1 Å². The van der Waals surface area contributed by atoms with Crippen molar-refractivity contribution in [1.29, 1.82) is 0 Å². The lowest BCUT2D eigenvalue weighted by atomic mass is 9.95. The van der Waals surface area contributed by atoms with Gasteiger partial charge in [-0.1, -0.05) is 11.6 Å². The Morgan fingerprint density at radius 2 is 2.13 bits per heavy atom. The van der Waals surface area contributed by atoms with Crippen molar-refractivity contribution >= 4 is 10.0 Å². The molecule has 1 aromatic heterocycles. The fourth-order valence-corrected chi connectivity index (χ4v) is 5.02. The van der Waals surface area contributed by atoms with E-state index in [1.807, 2.05) is 0 Å². The van der Waals surface area contributed by atoms with Crippen molar-refractivity contribution in [3.05, 3.63) is 36.2 Å². The highest BCUT2D eigenvalue weighted by atomic mass is 32.2. The SMILES string of the molecule is CC(C)=CCN1C[C@@H]2CC[C@H]1CN(S(=O)(=O)c1cccnc1)C2. The minimum atomic E-state index is -3.44. The van der Waals surface area contributed by atoms with E-state index in [1.165, 1.54) is 11.8 Å². The molecule has 126 valence electrons. The molecule has 5 nitrogen and oxygen atoms in total. The quantitative estimate of drug-likeness (QED) is 0.791. The van der Waals surface area contributed by atoms with Gasteiger partial charge >= 0.3 is 0 Å². The van der Waals surface area contributed by atoms with E-state index in [-0.39, 0.29) is 0 Å². The number of sulfonamides is 1. The van der Waals surface area contributed by atoms with Crippen LogP contribution in [0, 0.1) is 5.92 Å². The second kappa shape index (κ2) is 6.71. The first kappa shape index (κ1) is 16.6. The van der Waals surface area contributed by atoms with Crippen molar-refractivity contribution in [2.75, 3.05) is 26.2 Å². The standard InChI is InChI=1S/C17H25N3O2S/c1-14(2)7-9-19-11-15-5-6-16(19)13-20(12-15)23(21,22)17-4-3-8-18-10-17/h3-4,7-8,10,15-16H,5-6,9,11-13H2,1-2H3/t15-,16-/m0/s1. The molecule has 0 amide bonds. The first-order valence-electron chi connectivity index (χ1n) is 8.24. The van der Waals surface area contributed by atoms with Crippen LogP contribution in [0.4, 0.5) is 0 Å². The summed E-state index contributed by atoms with van der Waals surface area (Å²) in [6.07, 6.45) is 7.49. The van der Waals surface area contributed by atoms with Gasteiger partial charge in [-0.3, -0.25) is 9.88 Å². The van der Waals surface area contributed by atoms with Crippen LogP contribution in [0.3, 0.4) is 0 Å². The highest BCUT2D eigenvalue weighted by Crippen LogP contribution is 2.30. The average Bonchev–Trinajstić information content (AvgIpc) is 2.86. The molecule has 2 bridgehead atoms. The van der Waals surface area contributed by atoms with E-state index in [4.69, 9.17) is 0 Å². The van der Waals surface area contributed by atoms with E-state index in [9.17, 15) is 8.42 Å². The molecule has 3 aliphatic rings. The van der Waals surface area contributed by atoms with Crippen LogP contribution in [0.1, 0.15) is 26.7 Å². The van der Waals surface area contributed by atoms with Gasteiger partial charge in [0, 0.05) is 44.6 Å². The molecule has 0 N–H and O–H groups in total. The molecule has 1 aromatic rings. The van der Waals surface area contributed by atoms with E-state index < -0.39 is 10.0 Å². The van der Waals surface area contributed by atoms with Crippen LogP contribution in [-0.2, 0) is 10.0 Å². The molecule has 3 fully saturated rings. The van der Waals surface area contributed by atoms with E-state index in [1.54, 1.807) is 22.6 Å². The van der Waals surface area contributed by atoms with Crippen LogP contribution in [0.2, 0.25) is 0 Å². The normalized spacial score (nSPS) is 26.0. The summed E-state index contributed by atoms with van der Waals surface area (Å²) in [5, 5.41) is 0. The molecule has 0 saturated carbocycles. The predicted octanol–water partition coefficient (Wildman–Crippen LogP) is 2.13. The molecule has 0 aliphatic carbocycles. The Labute approximate surface area is 139 Å².